The first-order chi connectivity index (χ1) is 23.3. The van der Waals surface area contributed by atoms with Gasteiger partial charge in [-0.3, -0.25) is 14.4 Å². The van der Waals surface area contributed by atoms with Gasteiger partial charge in [0.25, 0.3) is 5.56 Å². The molecule has 1 fully saturated rings. The van der Waals surface area contributed by atoms with Crippen LogP contribution in [0.1, 0.15) is 73.0 Å². The Kier molecular flexibility index (Phi) is 11.7. The molecule has 50 heavy (non-hydrogen) atoms. The SMILES string of the molecule is COc1cccc(C(F)(F)F)c1-c1cc(C)c(F)c(C(CC(=O)O)NC(=O)C(CC(C)C)n2cc(CCN3CCC3)c(C(F)(F)F)cc2=O)c1. The maximum absolute atomic E-state index is 15.8. The smallest absolute Gasteiger partial charge is 0.417 e. The lowest BCUT2D eigenvalue weighted by Gasteiger charge is -2.31. The first-order valence-electron chi connectivity index (χ1n) is 15.9. The van der Waals surface area contributed by atoms with E-state index in [4.69, 9.17) is 4.74 Å². The van der Waals surface area contributed by atoms with E-state index >= 15 is 4.39 Å². The number of hydrogen-bond acceptors (Lipinski definition) is 5. The second-order valence-electron chi connectivity index (χ2n) is 12.8. The number of aryl methyl sites for hydroxylation is 1. The standard InChI is InChI=1S/C35H38F7N3O5/c1-19(2)13-27(45-18-21(9-12-44-10-6-11-44)25(16-29(45)46)35(40,41)42)33(49)43-26(17-30(47)48)23-15-22(14-20(3)32(23)36)31-24(34(37,38)39)7-5-8-28(31)50-4/h5,7-8,14-16,18-19,26-27H,6,9-13,17H2,1-4H3,(H,43,49)(H,47,48). The monoisotopic (exact) mass is 713 g/mol. The molecule has 4 rings (SSSR count). The molecular formula is C35H38F7N3O5. The highest BCUT2D eigenvalue weighted by molar-refractivity contribution is 5.82. The number of carbonyl (C=O) groups is 2. The number of amides is 1. The minimum Gasteiger partial charge on any atom is -0.496 e. The van der Waals surface area contributed by atoms with Gasteiger partial charge >= 0.3 is 18.3 Å². The number of ether oxygens (including phenoxy) is 1. The Morgan fingerprint density at radius 1 is 1.02 bits per heavy atom. The fourth-order valence-corrected chi connectivity index (χ4v) is 6.09. The van der Waals surface area contributed by atoms with Crippen LogP contribution in [0.15, 0.2) is 47.4 Å². The molecule has 0 spiro atoms. The predicted molar refractivity (Wildman–Crippen MR) is 170 cm³/mol. The Balaban J connectivity index is 1.81. The van der Waals surface area contributed by atoms with Crippen molar-refractivity contribution in [1.29, 1.82) is 0 Å². The van der Waals surface area contributed by atoms with E-state index in [1.165, 1.54) is 13.0 Å². The Hall–Kier alpha value is -4.40. The number of rotatable bonds is 13. The number of nitrogens with one attached hydrogen (secondary N) is 1. The van der Waals surface area contributed by atoms with Gasteiger partial charge in [0, 0.05) is 29.9 Å². The summed E-state index contributed by atoms with van der Waals surface area (Å²) < 4.78 is 106. The number of carboxylic acid groups (broad SMARTS) is 1. The molecule has 8 nitrogen and oxygen atoms in total. The van der Waals surface area contributed by atoms with Gasteiger partial charge in [0.05, 0.1) is 30.7 Å². The first-order valence-corrected chi connectivity index (χ1v) is 15.9. The molecule has 3 aromatic rings. The number of carbonyl (C=O) groups excluding carboxylic acids is 1. The Morgan fingerprint density at radius 3 is 2.22 bits per heavy atom. The van der Waals surface area contributed by atoms with Crippen molar-refractivity contribution in [3.63, 3.8) is 0 Å². The maximum atomic E-state index is 15.8. The molecule has 2 atom stereocenters. The highest BCUT2D eigenvalue weighted by atomic mass is 19.4. The minimum absolute atomic E-state index is 0.0626. The first kappa shape index (κ1) is 38.4. The average Bonchev–Trinajstić information content (AvgIpc) is 2.99. The molecule has 2 heterocycles. The van der Waals surface area contributed by atoms with Gasteiger partial charge in [-0.1, -0.05) is 19.9 Å². The van der Waals surface area contributed by atoms with Crippen molar-refractivity contribution in [2.24, 2.45) is 5.92 Å². The normalized spacial score (nSPS) is 15.0. The summed E-state index contributed by atoms with van der Waals surface area (Å²) in [5.41, 5.74) is -4.78. The number of aromatic nitrogens is 1. The largest absolute Gasteiger partial charge is 0.496 e. The van der Waals surface area contributed by atoms with Gasteiger partial charge in [0.15, 0.2) is 0 Å². The highest BCUT2D eigenvalue weighted by Crippen LogP contribution is 2.43. The third kappa shape index (κ3) is 8.84. The Bertz CT molecular complexity index is 1780. The molecule has 2 unspecified atom stereocenters. The summed E-state index contributed by atoms with van der Waals surface area (Å²) in [7, 11) is 1.15. The van der Waals surface area contributed by atoms with Crippen LogP contribution in [-0.4, -0.2) is 53.2 Å². The van der Waals surface area contributed by atoms with E-state index in [1.54, 1.807) is 13.8 Å². The molecule has 15 heteroatoms. The predicted octanol–water partition coefficient (Wildman–Crippen LogP) is 7.18. The fourth-order valence-electron chi connectivity index (χ4n) is 6.09. The summed E-state index contributed by atoms with van der Waals surface area (Å²) >= 11 is 0. The van der Waals surface area contributed by atoms with Crippen molar-refractivity contribution in [3.8, 4) is 16.9 Å². The number of benzene rings is 2. The van der Waals surface area contributed by atoms with Gasteiger partial charge in [-0.05, 0) is 86.1 Å². The second kappa shape index (κ2) is 15.2. The van der Waals surface area contributed by atoms with Gasteiger partial charge in [0.2, 0.25) is 5.91 Å². The lowest BCUT2D eigenvalue weighted by molar-refractivity contribution is -0.139. The molecule has 0 radical (unpaired) electrons. The molecule has 1 aromatic heterocycles. The van der Waals surface area contributed by atoms with E-state index in [0.29, 0.717) is 12.6 Å². The second-order valence-corrected chi connectivity index (χ2v) is 12.8. The van der Waals surface area contributed by atoms with Crippen molar-refractivity contribution in [2.75, 3.05) is 26.7 Å². The molecule has 0 bridgehead atoms. The summed E-state index contributed by atoms with van der Waals surface area (Å²) in [6, 6.07) is 2.67. The number of carboxylic acids is 1. The lowest BCUT2D eigenvalue weighted by atomic mass is 9.91. The van der Waals surface area contributed by atoms with E-state index < -0.39 is 76.4 Å². The summed E-state index contributed by atoms with van der Waals surface area (Å²) in [4.78, 5) is 41.1. The molecule has 272 valence electrons. The summed E-state index contributed by atoms with van der Waals surface area (Å²) in [6.07, 6.45) is -8.85. The number of halogens is 7. The van der Waals surface area contributed by atoms with Crippen LogP contribution in [0, 0.1) is 18.7 Å². The molecule has 1 aliphatic rings. The molecule has 2 N–H and O–H groups in total. The number of hydrogen-bond donors (Lipinski definition) is 2. The average molecular weight is 714 g/mol. The maximum Gasteiger partial charge on any atom is 0.417 e. The van der Waals surface area contributed by atoms with Crippen LogP contribution in [-0.2, 0) is 28.4 Å². The zero-order valence-electron chi connectivity index (χ0n) is 27.8. The van der Waals surface area contributed by atoms with E-state index in [2.05, 4.69) is 5.32 Å². The summed E-state index contributed by atoms with van der Waals surface area (Å²) in [5, 5.41) is 12.2. The van der Waals surface area contributed by atoms with Crippen LogP contribution in [0.25, 0.3) is 11.1 Å². The molecule has 1 amide bonds. The molecule has 0 aliphatic carbocycles. The summed E-state index contributed by atoms with van der Waals surface area (Å²) in [5.74, 6) is -3.97. The van der Waals surface area contributed by atoms with Crippen LogP contribution in [0.4, 0.5) is 30.7 Å². The van der Waals surface area contributed by atoms with E-state index in [9.17, 15) is 45.8 Å². The lowest BCUT2D eigenvalue weighted by Crippen LogP contribution is -2.41. The van der Waals surface area contributed by atoms with Gasteiger partial charge < -0.3 is 24.6 Å². The third-order valence-corrected chi connectivity index (χ3v) is 8.64. The molecule has 0 saturated carbocycles. The zero-order chi connectivity index (χ0) is 37.1. The van der Waals surface area contributed by atoms with E-state index in [-0.39, 0.29) is 41.2 Å². The van der Waals surface area contributed by atoms with Crippen LogP contribution in [0.2, 0.25) is 0 Å². The number of nitrogens with zero attached hydrogens (tertiary/aromatic N) is 2. The minimum atomic E-state index is -4.85. The van der Waals surface area contributed by atoms with Crippen LogP contribution < -0.4 is 15.6 Å². The van der Waals surface area contributed by atoms with Gasteiger partial charge in [-0.25, -0.2) is 4.39 Å². The topological polar surface area (TPSA) is 101 Å². The quantitative estimate of drug-likeness (QED) is 0.182. The van der Waals surface area contributed by atoms with Crippen molar-refractivity contribution in [3.05, 3.63) is 86.6 Å². The van der Waals surface area contributed by atoms with Crippen LogP contribution >= 0.6 is 0 Å². The summed E-state index contributed by atoms with van der Waals surface area (Å²) in [6.45, 7) is 6.39. The number of pyridine rings is 1. The third-order valence-electron chi connectivity index (χ3n) is 8.64. The van der Waals surface area contributed by atoms with Gasteiger partial charge in [0.1, 0.15) is 17.6 Å². The Labute approximate surface area is 283 Å². The highest BCUT2D eigenvalue weighted by Gasteiger charge is 2.38. The fraction of sp³-hybridized carbons (Fsp3) is 0.457. The molecule has 1 aliphatic heterocycles. The van der Waals surface area contributed by atoms with Crippen LogP contribution in [0.5, 0.6) is 5.75 Å². The van der Waals surface area contributed by atoms with Crippen LogP contribution in [0.3, 0.4) is 0 Å². The zero-order valence-corrected chi connectivity index (χ0v) is 27.8. The molecular weight excluding hydrogens is 675 g/mol. The van der Waals surface area contributed by atoms with Gasteiger partial charge in [-0.15, -0.1) is 0 Å². The number of alkyl halides is 6. The van der Waals surface area contributed by atoms with Crippen molar-refractivity contribution in [2.45, 2.75) is 70.9 Å². The van der Waals surface area contributed by atoms with E-state index in [0.717, 1.165) is 61.6 Å². The van der Waals surface area contributed by atoms with Crippen molar-refractivity contribution in [1.82, 2.24) is 14.8 Å². The van der Waals surface area contributed by atoms with E-state index in [1.807, 2.05) is 4.90 Å². The number of aliphatic carboxylic acids is 1. The number of likely N-dealkylation sites (tertiary alicyclic amines) is 1. The molecule has 2 aromatic carbocycles. The molecule has 1 saturated heterocycles. The van der Waals surface area contributed by atoms with Gasteiger partial charge in [-0.2, -0.15) is 26.3 Å². The van der Waals surface area contributed by atoms with Crippen molar-refractivity contribution >= 4 is 11.9 Å². The van der Waals surface area contributed by atoms with Crippen molar-refractivity contribution < 1.29 is 50.2 Å². The Morgan fingerprint density at radius 2 is 1.68 bits per heavy atom. The number of methoxy groups -OCH3 is 1.